The van der Waals surface area contributed by atoms with Crippen molar-refractivity contribution in [3.05, 3.63) is 0 Å². The van der Waals surface area contributed by atoms with Gasteiger partial charge in [0, 0.05) is 0 Å². The lowest BCUT2D eigenvalue weighted by Crippen LogP contribution is -2.29. The Morgan fingerprint density at radius 3 is 1.78 bits per heavy atom. The highest BCUT2D eigenvalue weighted by atomic mass is 31.2. The zero-order valence-corrected chi connectivity index (χ0v) is 13.2. The second-order valence-electron chi connectivity index (χ2n) is 5.11. The molecule has 0 rings (SSSR count). The Labute approximate surface area is 114 Å². The maximum atomic E-state index is 9.05. The summed E-state index contributed by atoms with van der Waals surface area (Å²) in [5.41, 5.74) is -0.321. The van der Waals surface area contributed by atoms with Crippen molar-refractivity contribution >= 4 is 8.60 Å². The molecule has 0 aliphatic rings. The second kappa shape index (κ2) is 11.2. The van der Waals surface area contributed by atoms with E-state index in [1.165, 1.54) is 38.5 Å². The average molecular weight is 278 g/mol. The van der Waals surface area contributed by atoms with E-state index in [9.17, 15) is 0 Å². The maximum Gasteiger partial charge on any atom is 0.327 e. The lowest BCUT2D eigenvalue weighted by atomic mass is 9.90. The summed E-state index contributed by atoms with van der Waals surface area (Å²) in [7, 11) is -2.23. The summed E-state index contributed by atoms with van der Waals surface area (Å²) in [4.78, 5) is 18.1. The summed E-state index contributed by atoms with van der Waals surface area (Å²) in [6, 6.07) is 0. The standard InChI is InChI=1S/C14H31O3P/c1-4-7-8-9-10-11-12-13-14(5-2,6-3)17-18(15)16/h15-16H,4-13H2,1-3H3. The molecule has 0 bridgehead atoms. The van der Waals surface area contributed by atoms with Crippen molar-refractivity contribution < 1.29 is 14.3 Å². The molecule has 110 valence electrons. The quantitative estimate of drug-likeness (QED) is 0.394. The van der Waals surface area contributed by atoms with Crippen LogP contribution < -0.4 is 0 Å². The van der Waals surface area contributed by atoms with Crippen molar-refractivity contribution in [1.82, 2.24) is 0 Å². The molecule has 0 atom stereocenters. The zero-order chi connectivity index (χ0) is 13.9. The monoisotopic (exact) mass is 278 g/mol. The van der Waals surface area contributed by atoms with Crippen molar-refractivity contribution in [3.63, 3.8) is 0 Å². The summed E-state index contributed by atoms with van der Waals surface area (Å²) in [6.07, 6.45) is 11.6. The van der Waals surface area contributed by atoms with E-state index in [1.807, 2.05) is 0 Å². The van der Waals surface area contributed by atoms with E-state index in [4.69, 9.17) is 14.3 Å². The van der Waals surface area contributed by atoms with Crippen LogP contribution in [0.25, 0.3) is 0 Å². The van der Waals surface area contributed by atoms with Crippen molar-refractivity contribution in [3.8, 4) is 0 Å². The van der Waals surface area contributed by atoms with E-state index in [0.717, 1.165) is 25.7 Å². The third-order valence-corrected chi connectivity index (χ3v) is 4.35. The largest absolute Gasteiger partial charge is 0.328 e. The minimum Gasteiger partial charge on any atom is -0.328 e. The molecule has 0 aliphatic carbocycles. The molecule has 18 heavy (non-hydrogen) atoms. The molecular formula is C14H31O3P. The Balaban J connectivity index is 3.76. The Morgan fingerprint density at radius 2 is 1.33 bits per heavy atom. The molecule has 0 amide bonds. The lowest BCUT2D eigenvalue weighted by Gasteiger charge is -2.31. The van der Waals surface area contributed by atoms with Crippen LogP contribution >= 0.6 is 8.60 Å². The minimum atomic E-state index is -2.23. The van der Waals surface area contributed by atoms with Crippen LogP contribution in [0.1, 0.15) is 85.0 Å². The molecule has 0 aliphatic heterocycles. The predicted molar refractivity (Wildman–Crippen MR) is 78.4 cm³/mol. The van der Waals surface area contributed by atoms with Crippen molar-refractivity contribution in [2.75, 3.05) is 0 Å². The van der Waals surface area contributed by atoms with Crippen LogP contribution in [-0.4, -0.2) is 15.4 Å². The molecule has 0 spiro atoms. The van der Waals surface area contributed by atoms with E-state index < -0.39 is 8.60 Å². The highest BCUT2D eigenvalue weighted by molar-refractivity contribution is 7.39. The van der Waals surface area contributed by atoms with Gasteiger partial charge in [-0.1, -0.05) is 65.7 Å². The first-order chi connectivity index (χ1) is 8.60. The van der Waals surface area contributed by atoms with E-state index in [2.05, 4.69) is 20.8 Å². The van der Waals surface area contributed by atoms with Gasteiger partial charge >= 0.3 is 8.60 Å². The zero-order valence-electron chi connectivity index (χ0n) is 12.3. The fourth-order valence-electron chi connectivity index (χ4n) is 2.36. The highest BCUT2D eigenvalue weighted by Crippen LogP contribution is 2.39. The lowest BCUT2D eigenvalue weighted by molar-refractivity contribution is 0.0355. The minimum absolute atomic E-state index is 0.321. The summed E-state index contributed by atoms with van der Waals surface area (Å²) in [6.45, 7) is 6.35. The van der Waals surface area contributed by atoms with Gasteiger partial charge < -0.3 is 14.3 Å². The molecule has 0 aromatic carbocycles. The second-order valence-corrected chi connectivity index (χ2v) is 5.79. The first-order valence-corrected chi connectivity index (χ1v) is 8.63. The van der Waals surface area contributed by atoms with Crippen LogP contribution in [0.4, 0.5) is 0 Å². The fraction of sp³-hybridized carbons (Fsp3) is 1.00. The number of hydrogen-bond donors (Lipinski definition) is 2. The fourth-order valence-corrected chi connectivity index (χ4v) is 3.05. The van der Waals surface area contributed by atoms with Gasteiger partial charge in [0.1, 0.15) is 0 Å². The molecule has 0 aromatic heterocycles. The summed E-state index contributed by atoms with van der Waals surface area (Å²) >= 11 is 0. The number of hydrogen-bond acceptors (Lipinski definition) is 3. The first-order valence-electron chi connectivity index (χ1n) is 7.47. The van der Waals surface area contributed by atoms with Gasteiger partial charge in [0.25, 0.3) is 0 Å². The van der Waals surface area contributed by atoms with Crippen LogP contribution in [0, 0.1) is 0 Å². The molecule has 0 unspecified atom stereocenters. The van der Waals surface area contributed by atoms with E-state index in [0.29, 0.717) is 0 Å². The van der Waals surface area contributed by atoms with Gasteiger partial charge in [0.15, 0.2) is 0 Å². The van der Waals surface area contributed by atoms with Gasteiger partial charge in [0.05, 0.1) is 5.60 Å². The molecule has 0 aromatic rings. The Bertz CT molecular complexity index is 182. The summed E-state index contributed by atoms with van der Waals surface area (Å²) < 4.78 is 5.36. The topological polar surface area (TPSA) is 49.7 Å². The molecule has 4 heteroatoms. The molecule has 0 saturated carbocycles. The van der Waals surface area contributed by atoms with Gasteiger partial charge in [-0.15, -0.1) is 0 Å². The van der Waals surface area contributed by atoms with E-state index in [-0.39, 0.29) is 5.60 Å². The van der Waals surface area contributed by atoms with Crippen molar-refractivity contribution in [1.29, 1.82) is 0 Å². The van der Waals surface area contributed by atoms with Crippen molar-refractivity contribution in [2.45, 2.75) is 90.6 Å². The first kappa shape index (κ1) is 18.3. The Hall–Kier alpha value is 0.310. The molecule has 3 nitrogen and oxygen atoms in total. The van der Waals surface area contributed by atoms with Crippen LogP contribution in [0.15, 0.2) is 0 Å². The summed E-state index contributed by atoms with van der Waals surface area (Å²) in [5, 5.41) is 0. The molecule has 0 heterocycles. The van der Waals surface area contributed by atoms with Crippen LogP contribution in [-0.2, 0) is 4.52 Å². The normalized spacial score (nSPS) is 12.3. The molecular weight excluding hydrogens is 247 g/mol. The number of rotatable bonds is 12. The Kier molecular flexibility index (Phi) is 11.4. The van der Waals surface area contributed by atoms with Gasteiger partial charge in [-0.25, -0.2) is 0 Å². The maximum absolute atomic E-state index is 9.05. The van der Waals surface area contributed by atoms with Gasteiger partial charge in [-0.2, -0.15) is 0 Å². The Morgan fingerprint density at radius 1 is 0.833 bits per heavy atom. The third-order valence-electron chi connectivity index (χ3n) is 3.80. The third kappa shape index (κ3) is 8.42. The highest BCUT2D eigenvalue weighted by Gasteiger charge is 2.29. The smallest absolute Gasteiger partial charge is 0.327 e. The van der Waals surface area contributed by atoms with Gasteiger partial charge in [-0.05, 0) is 19.3 Å². The van der Waals surface area contributed by atoms with Gasteiger partial charge in [0.2, 0.25) is 0 Å². The van der Waals surface area contributed by atoms with Crippen molar-refractivity contribution in [2.24, 2.45) is 0 Å². The van der Waals surface area contributed by atoms with E-state index >= 15 is 0 Å². The van der Waals surface area contributed by atoms with Gasteiger partial charge in [-0.3, -0.25) is 0 Å². The SMILES string of the molecule is CCCCCCCCCC(CC)(CC)OP(O)O. The molecule has 0 fully saturated rings. The van der Waals surface area contributed by atoms with E-state index in [1.54, 1.807) is 0 Å². The molecule has 0 radical (unpaired) electrons. The average Bonchev–Trinajstić information content (AvgIpc) is 2.36. The van der Waals surface area contributed by atoms with Crippen LogP contribution in [0.2, 0.25) is 0 Å². The van der Waals surface area contributed by atoms with Crippen LogP contribution in [0.5, 0.6) is 0 Å². The predicted octanol–water partition coefficient (Wildman–Crippen LogP) is 4.91. The molecule has 0 saturated heterocycles. The number of unbranched alkanes of at least 4 members (excludes halogenated alkanes) is 6. The molecule has 2 N–H and O–H groups in total. The summed E-state index contributed by atoms with van der Waals surface area (Å²) in [5.74, 6) is 0. The van der Waals surface area contributed by atoms with Crippen LogP contribution in [0.3, 0.4) is 0 Å².